The Morgan fingerprint density at radius 3 is 2.06 bits per heavy atom. The Bertz CT molecular complexity index is 1640. The Morgan fingerprint density at radius 1 is 0.833 bits per heavy atom. The lowest BCUT2D eigenvalue weighted by Crippen LogP contribution is -2.61. The molecule has 18 nitrogen and oxygen atoms in total. The fraction of sp³-hybridized carbons (Fsp3) is 0.667. The molecule has 18 heteroatoms. The van der Waals surface area contributed by atoms with Crippen LogP contribution in [0.15, 0.2) is 85.6 Å². The van der Waals surface area contributed by atoms with Gasteiger partial charge in [-0.15, -0.1) is 0 Å². The largest absolute Gasteiger partial charge is 0.481 e. The van der Waals surface area contributed by atoms with Crippen molar-refractivity contribution in [2.75, 3.05) is 0 Å². The summed E-state index contributed by atoms with van der Waals surface area (Å²) in [4.78, 5) is 24.9. The summed E-state index contributed by atoms with van der Waals surface area (Å²) >= 11 is 0. The highest BCUT2D eigenvalue weighted by atomic mass is 16.7. The van der Waals surface area contributed by atoms with Crippen LogP contribution in [0.4, 0.5) is 0 Å². The van der Waals surface area contributed by atoms with E-state index in [0.717, 1.165) is 0 Å². The van der Waals surface area contributed by atoms with Crippen molar-refractivity contribution >= 4 is 11.9 Å². The van der Waals surface area contributed by atoms with E-state index in [1.807, 2.05) is 74.6 Å². The first-order chi connectivity index (χ1) is 31.0. The molecule has 0 bridgehead atoms. The predicted octanol–water partition coefficient (Wildman–Crippen LogP) is 1.35. The van der Waals surface area contributed by atoms with Gasteiger partial charge < -0.3 is 80.9 Å². The van der Waals surface area contributed by atoms with E-state index in [-0.39, 0.29) is 31.6 Å². The number of carboxylic acids is 1. The highest BCUT2D eigenvalue weighted by molar-refractivity contribution is 5.71. The molecule has 0 aromatic carbocycles. The van der Waals surface area contributed by atoms with Crippen LogP contribution in [0.3, 0.4) is 0 Å². The standard InChI is InChI=1S/C48H77NO17/c1-7-9-11-12-13-14-15-16-17-18-28(3)43(57)29(4)30(5)63-40(56)24-33(51)22-32(50)20-21-36(53)37(54)23-34(52)26-48(62)27-38(55)41(46(60)61)39(66-48)25-35(19-10-8-2)65-47-45(59)42(49)44(58)31(6)64-47/h7-19,28-39,41-45,47,50-55,57-59,62H,2,20-27,49H2,1,3-6H3,(H,60,61)/b9-7+,12-11+,14-13+,16-15+,18-17+,19-10+/t28-,29-,30-,31+,32+,33+,34-,35-,36+,37+,38-,39-,41+,42-,43+,44+,45+,47-,48+/m0/s1. The van der Waals surface area contributed by atoms with Gasteiger partial charge in [0.1, 0.15) is 18.1 Å². The van der Waals surface area contributed by atoms with Crippen LogP contribution in [0.1, 0.15) is 86.0 Å². The molecular formula is C48H77NO17. The molecule has 0 radical (unpaired) electrons. The maximum absolute atomic E-state index is 12.6. The molecule has 2 rings (SSSR count). The summed E-state index contributed by atoms with van der Waals surface area (Å²) in [5.74, 6) is -6.77. The quantitative estimate of drug-likeness (QED) is 0.0389. The highest BCUT2D eigenvalue weighted by Gasteiger charge is 2.51. The maximum atomic E-state index is 12.6. The molecule has 0 aromatic rings. The third kappa shape index (κ3) is 20.0. The van der Waals surface area contributed by atoms with E-state index < -0.39 is 147 Å². The summed E-state index contributed by atoms with van der Waals surface area (Å²) in [6.45, 7) is 12.3. The zero-order chi connectivity index (χ0) is 49.7. The Hall–Kier alpha value is -3.44. The molecule has 2 aliphatic rings. The van der Waals surface area contributed by atoms with Crippen molar-refractivity contribution < 1.29 is 84.7 Å². The van der Waals surface area contributed by atoms with E-state index >= 15 is 0 Å². The molecule has 2 aliphatic heterocycles. The summed E-state index contributed by atoms with van der Waals surface area (Å²) in [7, 11) is 0. The second-order valence-electron chi connectivity index (χ2n) is 17.6. The number of hydrogen-bond donors (Lipinski definition) is 12. The normalized spacial score (nSPS) is 31.3. The predicted molar refractivity (Wildman–Crippen MR) is 244 cm³/mol. The lowest BCUT2D eigenvalue weighted by atomic mass is 9.82. The molecule has 19 atom stereocenters. The Labute approximate surface area is 388 Å². The van der Waals surface area contributed by atoms with Crippen LogP contribution < -0.4 is 5.73 Å². The lowest BCUT2D eigenvalue weighted by Gasteiger charge is -2.45. The van der Waals surface area contributed by atoms with Gasteiger partial charge in [-0.05, 0) is 40.0 Å². The number of nitrogens with two attached hydrogens (primary N) is 1. The van der Waals surface area contributed by atoms with Gasteiger partial charge in [-0.2, -0.15) is 0 Å². The van der Waals surface area contributed by atoms with Crippen molar-refractivity contribution in [2.24, 2.45) is 23.5 Å². The van der Waals surface area contributed by atoms with Crippen molar-refractivity contribution in [3.8, 4) is 0 Å². The summed E-state index contributed by atoms with van der Waals surface area (Å²) in [6, 6.07) is -1.13. The van der Waals surface area contributed by atoms with Crippen molar-refractivity contribution in [2.45, 2.75) is 183 Å². The molecule has 0 amide bonds. The van der Waals surface area contributed by atoms with E-state index in [9.17, 15) is 65.8 Å². The number of aliphatic hydroxyl groups excluding tert-OH is 9. The Morgan fingerprint density at radius 2 is 1.45 bits per heavy atom. The number of ether oxygens (including phenoxy) is 4. The number of carboxylic acid groups (broad SMARTS) is 1. The molecule has 2 saturated heterocycles. The average Bonchev–Trinajstić information content (AvgIpc) is 3.23. The molecule has 66 heavy (non-hydrogen) atoms. The second-order valence-corrected chi connectivity index (χ2v) is 17.6. The number of rotatable bonds is 28. The SMILES string of the molecule is C=C/C=C/[C@@H](C[C@@H]1O[C@](O)(C[C@@H](O)C[C@@H](O)[C@H](O)CC[C@@H](O)C[C@@H](O)CC(=O)O[C@@H](C)[C@H](C)[C@H](O)[C@@H](C)/C=C/C=C/C=C/C=C/C=C/C)C[C@H](O)[C@H]1C(=O)O)O[C@@H]1O[C@H](C)[C@@H](O)[C@H](N)[C@H]1O. The molecular weight excluding hydrogens is 863 g/mol. The van der Waals surface area contributed by atoms with Gasteiger partial charge in [0.05, 0.1) is 79.6 Å². The summed E-state index contributed by atoms with van der Waals surface area (Å²) in [5.41, 5.74) is 5.93. The van der Waals surface area contributed by atoms with Gasteiger partial charge in [-0.25, -0.2) is 0 Å². The minimum absolute atomic E-state index is 0.111. The third-order valence-electron chi connectivity index (χ3n) is 11.9. The van der Waals surface area contributed by atoms with Crippen LogP contribution in [-0.2, 0) is 28.5 Å². The fourth-order valence-corrected chi connectivity index (χ4v) is 7.84. The van der Waals surface area contributed by atoms with Crippen molar-refractivity contribution in [1.29, 1.82) is 0 Å². The second kappa shape index (κ2) is 29.4. The number of esters is 1. The highest BCUT2D eigenvalue weighted by Crippen LogP contribution is 2.38. The topological polar surface area (TPSA) is 320 Å². The molecule has 13 N–H and O–H groups in total. The summed E-state index contributed by atoms with van der Waals surface area (Å²) in [5, 5.41) is 117. The zero-order valence-corrected chi connectivity index (χ0v) is 38.7. The van der Waals surface area contributed by atoms with Crippen molar-refractivity contribution in [3.05, 3.63) is 85.6 Å². The van der Waals surface area contributed by atoms with Gasteiger partial charge in [0.25, 0.3) is 0 Å². The van der Waals surface area contributed by atoms with Crippen LogP contribution in [-0.4, -0.2) is 166 Å². The van der Waals surface area contributed by atoms with Crippen LogP contribution in [0.5, 0.6) is 0 Å². The minimum atomic E-state index is -2.31. The number of aliphatic carboxylic acids is 1. The third-order valence-corrected chi connectivity index (χ3v) is 11.9. The van der Waals surface area contributed by atoms with Crippen molar-refractivity contribution in [3.63, 3.8) is 0 Å². The molecule has 2 fully saturated rings. The number of aliphatic hydroxyl groups is 10. The molecule has 0 spiro atoms. The van der Waals surface area contributed by atoms with Gasteiger partial charge in [-0.1, -0.05) is 99.4 Å². The van der Waals surface area contributed by atoms with E-state index in [4.69, 9.17) is 24.7 Å². The first-order valence-electron chi connectivity index (χ1n) is 22.6. The van der Waals surface area contributed by atoms with Gasteiger partial charge in [-0.3, -0.25) is 9.59 Å². The minimum Gasteiger partial charge on any atom is -0.481 e. The first kappa shape index (κ1) is 58.7. The number of hydrogen-bond acceptors (Lipinski definition) is 17. The van der Waals surface area contributed by atoms with Gasteiger partial charge >= 0.3 is 11.9 Å². The van der Waals surface area contributed by atoms with Gasteiger partial charge in [0.15, 0.2) is 12.1 Å². The maximum Gasteiger partial charge on any atom is 0.311 e. The van der Waals surface area contributed by atoms with E-state index in [1.54, 1.807) is 13.8 Å². The number of carbonyl (C=O) groups is 2. The monoisotopic (exact) mass is 940 g/mol. The first-order valence-corrected chi connectivity index (χ1v) is 22.6. The van der Waals surface area contributed by atoms with Crippen molar-refractivity contribution in [1.82, 2.24) is 0 Å². The molecule has 0 saturated carbocycles. The summed E-state index contributed by atoms with van der Waals surface area (Å²) < 4.78 is 22.8. The average molecular weight is 940 g/mol. The summed E-state index contributed by atoms with van der Waals surface area (Å²) in [6.07, 6.45) is 2.34. The van der Waals surface area contributed by atoms with Crippen LogP contribution in [0, 0.1) is 17.8 Å². The van der Waals surface area contributed by atoms with E-state index in [0.29, 0.717) is 0 Å². The van der Waals surface area contributed by atoms with Gasteiger partial charge in [0, 0.05) is 37.5 Å². The number of carbonyl (C=O) groups excluding carboxylic acids is 1. The van der Waals surface area contributed by atoms with Crippen LogP contribution in [0.2, 0.25) is 0 Å². The van der Waals surface area contributed by atoms with E-state index in [2.05, 4.69) is 6.58 Å². The van der Waals surface area contributed by atoms with Crippen LogP contribution >= 0.6 is 0 Å². The van der Waals surface area contributed by atoms with Crippen LogP contribution in [0.25, 0.3) is 0 Å². The van der Waals surface area contributed by atoms with Gasteiger partial charge in [0.2, 0.25) is 0 Å². The smallest absolute Gasteiger partial charge is 0.311 e. The molecule has 0 aliphatic carbocycles. The molecule has 0 aromatic heterocycles. The zero-order valence-electron chi connectivity index (χ0n) is 38.7. The number of allylic oxidation sites excluding steroid dienone is 11. The molecule has 2 heterocycles. The van der Waals surface area contributed by atoms with E-state index in [1.165, 1.54) is 25.2 Å². The molecule has 0 unspecified atom stereocenters. The fourth-order valence-electron chi connectivity index (χ4n) is 7.84. The lowest BCUT2D eigenvalue weighted by molar-refractivity contribution is -0.308. The molecule has 376 valence electrons. The Balaban J connectivity index is 1.88. The Kier molecular flexibility index (Phi) is 26.2.